The van der Waals surface area contributed by atoms with Gasteiger partial charge in [0.15, 0.2) is 11.5 Å². The number of rotatable bonds is 7. The summed E-state index contributed by atoms with van der Waals surface area (Å²) in [4.78, 5) is 2.30. The average molecular weight is 281 g/mol. The van der Waals surface area contributed by atoms with Crippen molar-refractivity contribution in [1.82, 2.24) is 4.90 Å². The maximum atomic E-state index is 9.91. The molecule has 0 bridgehead atoms. The molecule has 1 aromatic carbocycles. The molecule has 1 N–H and O–H groups in total. The highest BCUT2D eigenvalue weighted by Gasteiger charge is 2.15. The van der Waals surface area contributed by atoms with Crippen LogP contribution < -0.4 is 9.47 Å². The molecule has 0 aliphatic heterocycles. The molecule has 0 saturated carbocycles. The molecule has 4 heteroatoms. The van der Waals surface area contributed by atoms with Crippen molar-refractivity contribution in [2.75, 3.05) is 21.3 Å². The van der Waals surface area contributed by atoms with Crippen molar-refractivity contribution in [1.29, 1.82) is 0 Å². The van der Waals surface area contributed by atoms with Crippen LogP contribution in [-0.4, -0.2) is 37.3 Å². The molecule has 1 atom stereocenters. The fourth-order valence-electron chi connectivity index (χ4n) is 2.35. The van der Waals surface area contributed by atoms with Crippen molar-refractivity contribution in [2.45, 2.75) is 39.8 Å². The Kier molecular flexibility index (Phi) is 6.14. The van der Waals surface area contributed by atoms with Gasteiger partial charge in [-0.1, -0.05) is 13.8 Å². The molecule has 0 aliphatic carbocycles. The first kappa shape index (κ1) is 16.6. The Labute approximate surface area is 122 Å². The van der Waals surface area contributed by atoms with Crippen LogP contribution in [-0.2, 0) is 6.54 Å². The fourth-order valence-corrected chi connectivity index (χ4v) is 2.35. The van der Waals surface area contributed by atoms with Crippen LogP contribution in [0, 0.1) is 5.92 Å². The van der Waals surface area contributed by atoms with E-state index in [-0.39, 0.29) is 5.75 Å². The Bertz CT molecular complexity index is 407. The Morgan fingerprint density at radius 3 is 2.00 bits per heavy atom. The Morgan fingerprint density at radius 2 is 1.60 bits per heavy atom. The van der Waals surface area contributed by atoms with Gasteiger partial charge in [-0.15, -0.1) is 0 Å². The van der Waals surface area contributed by atoms with E-state index in [0.717, 1.165) is 18.5 Å². The lowest BCUT2D eigenvalue weighted by Crippen LogP contribution is -2.29. The summed E-state index contributed by atoms with van der Waals surface area (Å²) in [5, 5.41) is 9.91. The zero-order chi connectivity index (χ0) is 15.3. The summed E-state index contributed by atoms with van der Waals surface area (Å²) in [5.74, 6) is 1.63. The minimum atomic E-state index is 0.0524. The number of ether oxygens (including phenoxy) is 2. The number of hydrogen-bond donors (Lipinski definition) is 1. The van der Waals surface area contributed by atoms with Gasteiger partial charge < -0.3 is 14.6 Å². The standard InChI is InChI=1S/C16H27NO3/c1-11(2)7-12(3)17(4)10-13-8-14(19-5)16(18)15(9-13)20-6/h8-9,11-12,18H,7,10H2,1-6H3. The van der Waals surface area contributed by atoms with Gasteiger partial charge in [-0.05, 0) is 44.0 Å². The Morgan fingerprint density at radius 1 is 1.10 bits per heavy atom. The summed E-state index contributed by atoms with van der Waals surface area (Å²) in [6.07, 6.45) is 1.16. The summed E-state index contributed by atoms with van der Waals surface area (Å²) in [7, 11) is 5.20. The molecule has 114 valence electrons. The number of phenolic OH excluding ortho intramolecular Hbond substituents is 1. The molecule has 20 heavy (non-hydrogen) atoms. The molecule has 0 fully saturated rings. The lowest BCUT2D eigenvalue weighted by atomic mass is 10.0. The first-order valence-corrected chi connectivity index (χ1v) is 7.03. The molecule has 0 heterocycles. The molecular formula is C16H27NO3. The van der Waals surface area contributed by atoms with Gasteiger partial charge in [0.05, 0.1) is 14.2 Å². The second kappa shape index (κ2) is 7.39. The number of methoxy groups -OCH3 is 2. The first-order chi connectivity index (χ1) is 9.38. The van der Waals surface area contributed by atoms with Crippen LogP contribution in [0.4, 0.5) is 0 Å². The van der Waals surface area contributed by atoms with Crippen molar-refractivity contribution in [3.63, 3.8) is 0 Å². The van der Waals surface area contributed by atoms with E-state index >= 15 is 0 Å². The van der Waals surface area contributed by atoms with E-state index in [9.17, 15) is 5.11 Å². The number of hydrogen-bond acceptors (Lipinski definition) is 4. The van der Waals surface area contributed by atoms with Crippen molar-refractivity contribution >= 4 is 0 Å². The third-order valence-electron chi connectivity index (χ3n) is 3.54. The number of aromatic hydroxyl groups is 1. The van der Waals surface area contributed by atoms with Crippen molar-refractivity contribution in [3.8, 4) is 17.2 Å². The molecule has 0 spiro atoms. The second-order valence-corrected chi connectivity index (χ2v) is 5.74. The molecule has 0 aliphatic rings. The summed E-state index contributed by atoms with van der Waals surface area (Å²) >= 11 is 0. The third kappa shape index (κ3) is 4.30. The van der Waals surface area contributed by atoms with Gasteiger partial charge >= 0.3 is 0 Å². The van der Waals surface area contributed by atoms with Gasteiger partial charge in [0.2, 0.25) is 5.75 Å². The predicted octanol–water partition coefficient (Wildman–Crippen LogP) is 3.28. The van der Waals surface area contributed by atoms with Crippen LogP contribution in [0.5, 0.6) is 17.2 Å². The highest BCUT2D eigenvalue weighted by Crippen LogP contribution is 2.37. The largest absolute Gasteiger partial charge is 0.502 e. The van der Waals surface area contributed by atoms with E-state index in [4.69, 9.17) is 9.47 Å². The van der Waals surface area contributed by atoms with E-state index < -0.39 is 0 Å². The van der Waals surface area contributed by atoms with Crippen LogP contribution in [0.25, 0.3) is 0 Å². The van der Waals surface area contributed by atoms with Crippen LogP contribution in [0.1, 0.15) is 32.8 Å². The van der Waals surface area contributed by atoms with Gasteiger partial charge in [-0.3, -0.25) is 4.90 Å². The van der Waals surface area contributed by atoms with Crippen molar-refractivity contribution in [2.24, 2.45) is 5.92 Å². The SMILES string of the molecule is COc1cc(CN(C)C(C)CC(C)C)cc(OC)c1O. The van der Waals surface area contributed by atoms with Crippen LogP contribution in [0.15, 0.2) is 12.1 Å². The maximum absolute atomic E-state index is 9.91. The molecule has 4 nitrogen and oxygen atoms in total. The smallest absolute Gasteiger partial charge is 0.200 e. The summed E-state index contributed by atoms with van der Waals surface area (Å²) in [6, 6.07) is 4.22. The highest BCUT2D eigenvalue weighted by molar-refractivity contribution is 5.52. The molecule has 0 radical (unpaired) electrons. The van der Waals surface area contributed by atoms with Crippen molar-refractivity contribution in [3.05, 3.63) is 17.7 Å². The minimum Gasteiger partial charge on any atom is -0.502 e. The second-order valence-electron chi connectivity index (χ2n) is 5.74. The van der Waals surface area contributed by atoms with E-state index in [0.29, 0.717) is 23.5 Å². The van der Waals surface area contributed by atoms with E-state index in [2.05, 4.69) is 32.7 Å². The summed E-state index contributed by atoms with van der Waals surface area (Å²) < 4.78 is 10.4. The van der Waals surface area contributed by atoms with E-state index in [1.807, 2.05) is 12.1 Å². The third-order valence-corrected chi connectivity index (χ3v) is 3.54. The zero-order valence-electron chi connectivity index (χ0n) is 13.4. The number of phenols is 1. The molecule has 1 unspecified atom stereocenters. The van der Waals surface area contributed by atoms with Gasteiger partial charge in [-0.2, -0.15) is 0 Å². The monoisotopic (exact) mass is 281 g/mol. The van der Waals surface area contributed by atoms with Crippen LogP contribution in [0.3, 0.4) is 0 Å². The van der Waals surface area contributed by atoms with Gasteiger partial charge in [0.25, 0.3) is 0 Å². The molecule has 0 saturated heterocycles. The Hall–Kier alpha value is -1.42. The van der Waals surface area contributed by atoms with Crippen LogP contribution in [0.2, 0.25) is 0 Å². The zero-order valence-corrected chi connectivity index (χ0v) is 13.4. The summed E-state index contributed by atoms with van der Waals surface area (Å²) in [5.41, 5.74) is 1.06. The Balaban J connectivity index is 2.86. The lowest BCUT2D eigenvalue weighted by molar-refractivity contribution is 0.220. The fraction of sp³-hybridized carbons (Fsp3) is 0.625. The van der Waals surface area contributed by atoms with Crippen LogP contribution >= 0.6 is 0 Å². The molecule has 0 aromatic heterocycles. The quantitative estimate of drug-likeness (QED) is 0.833. The average Bonchev–Trinajstić information content (AvgIpc) is 2.39. The predicted molar refractivity (Wildman–Crippen MR) is 81.6 cm³/mol. The van der Waals surface area contributed by atoms with Crippen molar-refractivity contribution < 1.29 is 14.6 Å². The molecule has 0 amide bonds. The van der Waals surface area contributed by atoms with E-state index in [1.54, 1.807) is 14.2 Å². The molecular weight excluding hydrogens is 254 g/mol. The minimum absolute atomic E-state index is 0.0524. The topological polar surface area (TPSA) is 41.9 Å². The van der Waals surface area contributed by atoms with Gasteiger partial charge in [0.1, 0.15) is 0 Å². The van der Waals surface area contributed by atoms with Gasteiger partial charge in [-0.25, -0.2) is 0 Å². The molecule has 1 rings (SSSR count). The number of nitrogens with zero attached hydrogens (tertiary/aromatic N) is 1. The van der Waals surface area contributed by atoms with E-state index in [1.165, 1.54) is 0 Å². The number of benzene rings is 1. The highest BCUT2D eigenvalue weighted by atomic mass is 16.5. The molecule has 1 aromatic rings. The lowest BCUT2D eigenvalue weighted by Gasteiger charge is -2.26. The maximum Gasteiger partial charge on any atom is 0.200 e. The first-order valence-electron chi connectivity index (χ1n) is 7.03. The normalized spacial score (nSPS) is 12.8. The van der Waals surface area contributed by atoms with Gasteiger partial charge in [0, 0.05) is 12.6 Å². The summed E-state index contributed by atoms with van der Waals surface area (Å²) in [6.45, 7) is 7.49.